The zero-order chi connectivity index (χ0) is 19.4. The standard InChI is InChI=1S/C10H10N8O8/c1-5(19)25-3-15-7(11-9(13-15)17(21)22)8-12-10(18(23)24)14-16(8)4-26-6(2)20/h3-4H2,1-2H3. The summed E-state index contributed by atoms with van der Waals surface area (Å²) in [6, 6.07) is 0. The molecule has 2 heterocycles. The largest absolute Gasteiger partial charge is 0.491 e. The van der Waals surface area contributed by atoms with Crippen molar-refractivity contribution in [1.29, 1.82) is 0 Å². The molecule has 0 aliphatic heterocycles. The van der Waals surface area contributed by atoms with E-state index < -0.39 is 47.1 Å². The van der Waals surface area contributed by atoms with Crippen LogP contribution < -0.4 is 0 Å². The zero-order valence-corrected chi connectivity index (χ0v) is 13.3. The molecule has 0 saturated carbocycles. The molecule has 0 bridgehead atoms. The molecule has 0 radical (unpaired) electrons. The Morgan fingerprint density at radius 1 is 0.885 bits per heavy atom. The number of nitro groups is 2. The predicted octanol–water partition coefficient (Wildman–Crippen LogP) is -0.606. The van der Waals surface area contributed by atoms with Crippen molar-refractivity contribution in [1.82, 2.24) is 29.5 Å². The number of carbonyl (C=O) groups excluding carboxylic acids is 2. The molecular formula is C10H10N8O8. The van der Waals surface area contributed by atoms with E-state index in [9.17, 15) is 29.8 Å². The van der Waals surface area contributed by atoms with Crippen molar-refractivity contribution >= 4 is 23.8 Å². The fraction of sp³-hybridized carbons (Fsp3) is 0.400. The van der Waals surface area contributed by atoms with E-state index in [1.165, 1.54) is 0 Å². The van der Waals surface area contributed by atoms with E-state index >= 15 is 0 Å². The second-order valence-electron chi connectivity index (χ2n) is 4.51. The summed E-state index contributed by atoms with van der Waals surface area (Å²) in [5.74, 6) is -3.85. The SMILES string of the molecule is CC(=O)OCn1nc([N+](=O)[O-])nc1-c1nc([N+](=O)[O-])nn1COC(C)=O. The Labute approximate surface area is 142 Å². The molecule has 2 aromatic rings. The third kappa shape index (κ3) is 4.10. The molecule has 16 nitrogen and oxygen atoms in total. The number of aromatic nitrogens is 6. The van der Waals surface area contributed by atoms with Crippen molar-refractivity contribution in [3.05, 3.63) is 20.2 Å². The number of hydrogen-bond acceptors (Lipinski definition) is 12. The van der Waals surface area contributed by atoms with Gasteiger partial charge < -0.3 is 29.7 Å². The first-order valence-electron chi connectivity index (χ1n) is 6.64. The van der Waals surface area contributed by atoms with Crippen molar-refractivity contribution in [2.24, 2.45) is 0 Å². The minimum absolute atomic E-state index is 0.356. The van der Waals surface area contributed by atoms with Gasteiger partial charge in [-0.1, -0.05) is 0 Å². The van der Waals surface area contributed by atoms with Gasteiger partial charge in [-0.2, -0.15) is 0 Å². The smallest absolute Gasteiger partial charge is 0.441 e. The van der Waals surface area contributed by atoms with Gasteiger partial charge in [0, 0.05) is 24.0 Å². The topological polar surface area (TPSA) is 200 Å². The third-order valence-electron chi connectivity index (χ3n) is 2.63. The molecule has 0 fully saturated rings. The van der Waals surface area contributed by atoms with Gasteiger partial charge in [0.2, 0.25) is 13.5 Å². The summed E-state index contributed by atoms with van der Waals surface area (Å²) in [7, 11) is 0. The quantitative estimate of drug-likeness (QED) is 0.340. The summed E-state index contributed by atoms with van der Waals surface area (Å²) < 4.78 is 11.0. The lowest BCUT2D eigenvalue weighted by molar-refractivity contribution is -0.394. The van der Waals surface area contributed by atoms with E-state index in [-0.39, 0.29) is 11.6 Å². The van der Waals surface area contributed by atoms with Gasteiger partial charge in [-0.3, -0.25) is 9.59 Å². The number of hydrogen-bond donors (Lipinski definition) is 0. The average Bonchev–Trinajstić information content (AvgIpc) is 3.14. The van der Waals surface area contributed by atoms with E-state index in [1.807, 2.05) is 0 Å². The van der Waals surface area contributed by atoms with Crippen LogP contribution in [0.4, 0.5) is 11.9 Å². The average molecular weight is 370 g/mol. The van der Waals surface area contributed by atoms with Gasteiger partial charge >= 0.3 is 35.5 Å². The second-order valence-corrected chi connectivity index (χ2v) is 4.51. The van der Waals surface area contributed by atoms with Crippen molar-refractivity contribution in [3.8, 4) is 11.6 Å². The number of nitrogens with zero attached hydrogens (tertiary/aromatic N) is 8. The monoisotopic (exact) mass is 370 g/mol. The highest BCUT2D eigenvalue weighted by molar-refractivity contribution is 5.66. The Morgan fingerprint density at radius 3 is 1.50 bits per heavy atom. The van der Waals surface area contributed by atoms with Crippen LogP contribution in [-0.4, -0.2) is 51.3 Å². The first-order valence-corrected chi connectivity index (χ1v) is 6.64. The van der Waals surface area contributed by atoms with E-state index in [2.05, 4.69) is 20.2 Å². The van der Waals surface area contributed by atoms with Crippen molar-refractivity contribution in [2.75, 3.05) is 0 Å². The van der Waals surface area contributed by atoms with Gasteiger partial charge in [-0.05, 0) is 19.8 Å². The van der Waals surface area contributed by atoms with Crippen molar-refractivity contribution < 1.29 is 28.9 Å². The van der Waals surface area contributed by atoms with Crippen LogP contribution >= 0.6 is 0 Å². The summed E-state index contributed by atoms with van der Waals surface area (Å²) in [6.07, 6.45) is 0. The molecule has 26 heavy (non-hydrogen) atoms. The highest BCUT2D eigenvalue weighted by Crippen LogP contribution is 2.21. The highest BCUT2D eigenvalue weighted by Gasteiger charge is 2.33. The molecule has 0 unspecified atom stereocenters. The Balaban J connectivity index is 2.53. The van der Waals surface area contributed by atoms with E-state index in [0.717, 1.165) is 23.2 Å². The molecular weight excluding hydrogens is 360 g/mol. The predicted molar refractivity (Wildman–Crippen MR) is 75.9 cm³/mol. The number of ether oxygens (including phenoxy) is 2. The molecule has 0 aromatic carbocycles. The number of esters is 2. The minimum Gasteiger partial charge on any atom is -0.441 e. The fourth-order valence-electron chi connectivity index (χ4n) is 1.63. The maximum Gasteiger partial charge on any atom is 0.491 e. The fourth-order valence-corrected chi connectivity index (χ4v) is 1.63. The van der Waals surface area contributed by atoms with Gasteiger partial charge in [0.05, 0.1) is 0 Å². The Hall–Kier alpha value is -3.98. The Morgan fingerprint density at radius 2 is 1.23 bits per heavy atom. The Bertz CT molecular complexity index is 813. The lowest BCUT2D eigenvalue weighted by Gasteiger charge is -2.01. The van der Waals surface area contributed by atoms with Crippen LogP contribution in [0.25, 0.3) is 11.6 Å². The van der Waals surface area contributed by atoms with Gasteiger partial charge in [0.25, 0.3) is 0 Å². The molecule has 0 aliphatic rings. The molecule has 0 aliphatic carbocycles. The summed E-state index contributed by atoms with van der Waals surface area (Å²) in [5, 5.41) is 28.8. The van der Waals surface area contributed by atoms with Crippen LogP contribution in [0, 0.1) is 20.2 Å². The molecule has 0 saturated heterocycles. The van der Waals surface area contributed by atoms with Crippen molar-refractivity contribution in [3.63, 3.8) is 0 Å². The maximum atomic E-state index is 10.9. The molecule has 16 heteroatoms. The molecule has 138 valence electrons. The molecule has 0 amide bonds. The summed E-state index contributed by atoms with van der Waals surface area (Å²) in [5.41, 5.74) is 0. The minimum atomic E-state index is -0.922. The molecule has 2 rings (SSSR count). The van der Waals surface area contributed by atoms with E-state index in [4.69, 9.17) is 9.47 Å². The van der Waals surface area contributed by atoms with Crippen LogP contribution in [0.2, 0.25) is 0 Å². The first kappa shape index (κ1) is 18.4. The van der Waals surface area contributed by atoms with Crippen LogP contribution in [0.15, 0.2) is 0 Å². The lowest BCUT2D eigenvalue weighted by Crippen LogP contribution is -2.13. The van der Waals surface area contributed by atoms with Gasteiger partial charge in [-0.15, -0.1) is 9.36 Å². The summed E-state index contributed by atoms with van der Waals surface area (Å²) in [4.78, 5) is 49.0. The van der Waals surface area contributed by atoms with E-state index in [1.54, 1.807) is 0 Å². The molecule has 0 spiro atoms. The summed E-state index contributed by atoms with van der Waals surface area (Å²) in [6.45, 7) is 1.05. The highest BCUT2D eigenvalue weighted by atomic mass is 16.6. The second kappa shape index (κ2) is 7.28. The molecule has 2 aromatic heterocycles. The number of rotatable bonds is 7. The van der Waals surface area contributed by atoms with Gasteiger partial charge in [0.1, 0.15) is 0 Å². The third-order valence-corrected chi connectivity index (χ3v) is 2.63. The molecule has 0 N–H and O–H groups in total. The zero-order valence-electron chi connectivity index (χ0n) is 13.3. The van der Waals surface area contributed by atoms with Gasteiger partial charge in [-0.25, -0.2) is 0 Å². The summed E-state index contributed by atoms with van der Waals surface area (Å²) >= 11 is 0. The lowest BCUT2D eigenvalue weighted by atomic mass is 10.5. The van der Waals surface area contributed by atoms with Crippen LogP contribution in [0.1, 0.15) is 13.8 Å². The van der Waals surface area contributed by atoms with Crippen molar-refractivity contribution in [2.45, 2.75) is 27.3 Å². The maximum absolute atomic E-state index is 10.9. The van der Waals surface area contributed by atoms with E-state index in [0.29, 0.717) is 0 Å². The first-order chi connectivity index (χ1) is 12.2. The van der Waals surface area contributed by atoms with Crippen LogP contribution in [0.3, 0.4) is 0 Å². The van der Waals surface area contributed by atoms with Crippen LogP contribution in [-0.2, 0) is 32.5 Å². The van der Waals surface area contributed by atoms with Crippen LogP contribution in [0.5, 0.6) is 0 Å². The Kier molecular flexibility index (Phi) is 5.14. The molecule has 0 atom stereocenters. The normalized spacial score (nSPS) is 10.4. The number of carbonyl (C=O) groups is 2. The van der Waals surface area contributed by atoms with Gasteiger partial charge in [0.15, 0.2) is 0 Å².